The summed E-state index contributed by atoms with van der Waals surface area (Å²) in [4.78, 5) is 37.8. The minimum absolute atomic E-state index is 0.0813. The molecule has 2 N–H and O–H groups in total. The molecular weight excluding hydrogens is 356 g/mol. The van der Waals surface area contributed by atoms with Crippen molar-refractivity contribution in [2.45, 2.75) is 32.6 Å². The Morgan fingerprint density at radius 1 is 1.14 bits per heavy atom. The number of aryl methyl sites for hydroxylation is 1. The van der Waals surface area contributed by atoms with Crippen molar-refractivity contribution in [2.75, 3.05) is 16.8 Å². The van der Waals surface area contributed by atoms with E-state index in [1.54, 1.807) is 29.2 Å². The molecule has 1 atom stereocenters. The molecule has 1 heterocycles. The van der Waals surface area contributed by atoms with Crippen LogP contribution in [-0.4, -0.2) is 29.4 Å². The molecule has 0 radical (unpaired) electrons. The number of hydrogen-bond acceptors (Lipinski definition) is 3. The third-order valence-corrected chi connectivity index (χ3v) is 4.90. The monoisotopic (exact) mass is 380 g/mol. The van der Waals surface area contributed by atoms with Gasteiger partial charge in [0, 0.05) is 24.3 Å². The highest BCUT2D eigenvalue weighted by molar-refractivity contribution is 6.03. The van der Waals surface area contributed by atoms with Crippen molar-refractivity contribution >= 4 is 29.2 Å². The third-order valence-electron chi connectivity index (χ3n) is 4.90. The van der Waals surface area contributed by atoms with E-state index < -0.39 is 11.9 Å². The number of para-hydroxylation sites is 1. The standard InChI is InChI=1S/C22H24N2O4/c1-2-5-15-8-10-18(11-9-15)24-14-17(12-20(24)25)22(28)23-19-7-4-3-6-16(19)13-21(26)27/h3-4,6-11,17H,2,5,12-14H2,1H3,(H,23,28)(H,26,27). The van der Waals surface area contributed by atoms with Gasteiger partial charge >= 0.3 is 5.97 Å². The van der Waals surface area contributed by atoms with E-state index in [0.717, 1.165) is 18.5 Å². The number of rotatable bonds is 7. The predicted molar refractivity (Wildman–Crippen MR) is 107 cm³/mol. The van der Waals surface area contributed by atoms with E-state index in [0.29, 0.717) is 17.8 Å². The Morgan fingerprint density at radius 2 is 1.86 bits per heavy atom. The smallest absolute Gasteiger partial charge is 0.307 e. The zero-order valence-corrected chi connectivity index (χ0v) is 15.9. The molecule has 0 saturated carbocycles. The molecule has 6 heteroatoms. The Morgan fingerprint density at radius 3 is 2.54 bits per heavy atom. The number of carbonyl (C=O) groups is 3. The summed E-state index contributed by atoms with van der Waals surface area (Å²) in [5, 5.41) is 11.8. The van der Waals surface area contributed by atoms with E-state index >= 15 is 0 Å². The van der Waals surface area contributed by atoms with Crippen LogP contribution in [0.1, 0.15) is 30.9 Å². The Bertz CT molecular complexity index is 876. The molecule has 2 aromatic carbocycles. The number of nitrogens with one attached hydrogen (secondary N) is 1. The molecule has 6 nitrogen and oxygen atoms in total. The van der Waals surface area contributed by atoms with Crippen molar-refractivity contribution in [3.05, 3.63) is 59.7 Å². The molecule has 1 fully saturated rings. The highest BCUT2D eigenvalue weighted by Gasteiger charge is 2.35. The van der Waals surface area contributed by atoms with Gasteiger partial charge in [-0.3, -0.25) is 14.4 Å². The number of amides is 2. The number of nitrogens with zero attached hydrogens (tertiary/aromatic N) is 1. The van der Waals surface area contributed by atoms with Crippen LogP contribution in [0.15, 0.2) is 48.5 Å². The van der Waals surface area contributed by atoms with Crippen LogP contribution in [0.3, 0.4) is 0 Å². The lowest BCUT2D eigenvalue weighted by molar-refractivity contribution is -0.136. The normalized spacial score (nSPS) is 16.2. The molecule has 146 valence electrons. The molecule has 28 heavy (non-hydrogen) atoms. The van der Waals surface area contributed by atoms with Crippen LogP contribution in [0.25, 0.3) is 0 Å². The average molecular weight is 380 g/mol. The van der Waals surface area contributed by atoms with Gasteiger partial charge in [0.25, 0.3) is 0 Å². The molecule has 2 amide bonds. The molecule has 1 unspecified atom stereocenters. The van der Waals surface area contributed by atoms with Gasteiger partial charge in [0.15, 0.2) is 0 Å². The van der Waals surface area contributed by atoms with Crippen LogP contribution in [-0.2, 0) is 27.2 Å². The minimum atomic E-state index is -0.963. The van der Waals surface area contributed by atoms with Gasteiger partial charge in [0.1, 0.15) is 0 Å². The Labute approximate surface area is 164 Å². The molecular formula is C22H24N2O4. The van der Waals surface area contributed by atoms with Gasteiger partial charge in [-0.15, -0.1) is 0 Å². The summed E-state index contributed by atoms with van der Waals surface area (Å²) in [6.07, 6.45) is 2.03. The first-order valence-corrected chi connectivity index (χ1v) is 9.47. The van der Waals surface area contributed by atoms with Crippen molar-refractivity contribution < 1.29 is 19.5 Å². The van der Waals surface area contributed by atoms with Gasteiger partial charge in [0.2, 0.25) is 11.8 Å². The van der Waals surface area contributed by atoms with E-state index in [4.69, 9.17) is 5.11 Å². The van der Waals surface area contributed by atoms with E-state index in [1.165, 1.54) is 5.56 Å². The highest BCUT2D eigenvalue weighted by Crippen LogP contribution is 2.27. The fourth-order valence-corrected chi connectivity index (χ4v) is 3.46. The van der Waals surface area contributed by atoms with Gasteiger partial charge in [-0.2, -0.15) is 0 Å². The van der Waals surface area contributed by atoms with Crippen LogP contribution >= 0.6 is 0 Å². The first-order chi connectivity index (χ1) is 13.5. The van der Waals surface area contributed by atoms with Crippen molar-refractivity contribution in [3.63, 3.8) is 0 Å². The van der Waals surface area contributed by atoms with E-state index in [9.17, 15) is 14.4 Å². The molecule has 3 rings (SSSR count). The number of anilines is 2. The number of aliphatic carboxylic acids is 1. The predicted octanol–water partition coefficient (Wildman–Crippen LogP) is 3.26. The molecule has 0 spiro atoms. The van der Waals surface area contributed by atoms with Gasteiger partial charge in [-0.05, 0) is 35.7 Å². The molecule has 1 aliphatic heterocycles. The van der Waals surface area contributed by atoms with Gasteiger partial charge in [-0.25, -0.2) is 0 Å². The van der Waals surface area contributed by atoms with Crippen LogP contribution < -0.4 is 10.2 Å². The van der Waals surface area contributed by atoms with E-state index in [-0.39, 0.29) is 24.7 Å². The molecule has 0 aliphatic carbocycles. The lowest BCUT2D eigenvalue weighted by Crippen LogP contribution is -2.28. The third kappa shape index (κ3) is 4.57. The maximum absolute atomic E-state index is 12.7. The summed E-state index contributed by atoms with van der Waals surface area (Å²) in [6.45, 7) is 2.44. The highest BCUT2D eigenvalue weighted by atomic mass is 16.4. The molecule has 0 aromatic heterocycles. The lowest BCUT2D eigenvalue weighted by atomic mass is 10.1. The topological polar surface area (TPSA) is 86.7 Å². The van der Waals surface area contributed by atoms with Crippen molar-refractivity contribution in [2.24, 2.45) is 5.92 Å². The zero-order valence-electron chi connectivity index (χ0n) is 15.9. The van der Waals surface area contributed by atoms with Crippen molar-refractivity contribution in [1.82, 2.24) is 0 Å². The molecule has 1 saturated heterocycles. The summed E-state index contributed by atoms with van der Waals surface area (Å²) < 4.78 is 0. The number of benzene rings is 2. The maximum Gasteiger partial charge on any atom is 0.307 e. The quantitative estimate of drug-likeness (QED) is 0.772. The summed E-state index contributed by atoms with van der Waals surface area (Å²) in [6, 6.07) is 14.7. The lowest BCUT2D eigenvalue weighted by Gasteiger charge is -2.17. The molecule has 2 aromatic rings. The minimum Gasteiger partial charge on any atom is -0.481 e. The van der Waals surface area contributed by atoms with E-state index in [2.05, 4.69) is 12.2 Å². The van der Waals surface area contributed by atoms with E-state index in [1.807, 2.05) is 24.3 Å². The second-order valence-corrected chi connectivity index (χ2v) is 7.04. The number of carboxylic acid groups (broad SMARTS) is 1. The number of carboxylic acids is 1. The van der Waals surface area contributed by atoms with Gasteiger partial charge < -0.3 is 15.3 Å². The first kappa shape index (κ1) is 19.6. The van der Waals surface area contributed by atoms with Crippen LogP contribution in [0.2, 0.25) is 0 Å². The Hall–Kier alpha value is -3.15. The fourth-order valence-electron chi connectivity index (χ4n) is 3.46. The van der Waals surface area contributed by atoms with Crippen molar-refractivity contribution in [1.29, 1.82) is 0 Å². The Kier molecular flexibility index (Phi) is 6.09. The summed E-state index contributed by atoms with van der Waals surface area (Å²) in [7, 11) is 0. The SMILES string of the molecule is CCCc1ccc(N2CC(C(=O)Nc3ccccc3CC(=O)O)CC2=O)cc1. The first-order valence-electron chi connectivity index (χ1n) is 9.47. The van der Waals surface area contributed by atoms with Crippen LogP contribution in [0.4, 0.5) is 11.4 Å². The zero-order chi connectivity index (χ0) is 20.1. The van der Waals surface area contributed by atoms with Gasteiger partial charge in [0.05, 0.1) is 12.3 Å². The summed E-state index contributed by atoms with van der Waals surface area (Å²) in [5.41, 5.74) is 3.04. The van der Waals surface area contributed by atoms with Crippen molar-refractivity contribution in [3.8, 4) is 0 Å². The Balaban J connectivity index is 1.68. The molecule has 0 bridgehead atoms. The maximum atomic E-state index is 12.7. The largest absolute Gasteiger partial charge is 0.481 e. The number of carbonyl (C=O) groups excluding carboxylic acids is 2. The van der Waals surface area contributed by atoms with Crippen LogP contribution in [0.5, 0.6) is 0 Å². The fraction of sp³-hybridized carbons (Fsp3) is 0.318. The average Bonchev–Trinajstić information content (AvgIpc) is 3.06. The second kappa shape index (κ2) is 8.69. The summed E-state index contributed by atoms with van der Waals surface area (Å²) >= 11 is 0. The second-order valence-electron chi connectivity index (χ2n) is 7.04. The summed E-state index contributed by atoms with van der Waals surface area (Å²) in [5.74, 6) is -1.78. The molecule has 1 aliphatic rings. The number of hydrogen-bond donors (Lipinski definition) is 2. The van der Waals surface area contributed by atoms with Gasteiger partial charge in [-0.1, -0.05) is 43.7 Å². The van der Waals surface area contributed by atoms with Crippen LogP contribution in [0, 0.1) is 5.92 Å².